The smallest absolute Gasteiger partial charge is 0.328 e. The molecular weight excluding hydrogens is 718 g/mol. The van der Waals surface area contributed by atoms with Crippen LogP contribution in [0, 0.1) is 0 Å². The van der Waals surface area contributed by atoms with Gasteiger partial charge in [0.2, 0.25) is 41.4 Å². The molecule has 300 valence electrons. The Bertz CT molecular complexity index is 1500. The molecule has 1 saturated heterocycles. The van der Waals surface area contributed by atoms with Crippen molar-refractivity contribution in [3.8, 4) is 0 Å². The van der Waals surface area contributed by atoms with Crippen molar-refractivity contribution in [3.63, 3.8) is 0 Å². The van der Waals surface area contributed by atoms with E-state index in [1.54, 1.807) is 0 Å². The highest BCUT2D eigenvalue weighted by molar-refractivity contribution is 5.97. The summed E-state index contributed by atoms with van der Waals surface area (Å²) in [5.41, 5.74) is 21.8. The van der Waals surface area contributed by atoms with Gasteiger partial charge in [-0.3, -0.25) is 38.6 Å². The molecule has 1 aliphatic rings. The van der Waals surface area contributed by atoms with Crippen molar-refractivity contribution < 1.29 is 53.7 Å². The first-order valence-corrected chi connectivity index (χ1v) is 16.9. The van der Waals surface area contributed by atoms with Crippen molar-refractivity contribution in [1.82, 2.24) is 41.5 Å². The van der Waals surface area contributed by atoms with Gasteiger partial charge in [0.05, 0.1) is 26.1 Å². The third kappa shape index (κ3) is 14.3. The number of aromatic amines is 1. The van der Waals surface area contributed by atoms with Gasteiger partial charge in [-0.05, 0) is 32.1 Å². The Morgan fingerprint density at radius 3 is 2.07 bits per heavy atom. The number of aliphatic hydroxyl groups is 2. The van der Waals surface area contributed by atoms with Gasteiger partial charge >= 0.3 is 5.97 Å². The number of aromatic nitrogens is 2. The van der Waals surface area contributed by atoms with Crippen LogP contribution in [0.25, 0.3) is 0 Å². The second-order valence-corrected chi connectivity index (χ2v) is 12.2. The van der Waals surface area contributed by atoms with Crippen molar-refractivity contribution in [1.29, 1.82) is 0 Å². The maximum absolute atomic E-state index is 13.9. The summed E-state index contributed by atoms with van der Waals surface area (Å²) in [7, 11) is 0. The summed E-state index contributed by atoms with van der Waals surface area (Å²) >= 11 is 0. The molecule has 2 heterocycles. The Morgan fingerprint density at radius 1 is 0.870 bits per heavy atom. The Kier molecular flexibility index (Phi) is 18.2. The fourth-order valence-electron chi connectivity index (χ4n) is 5.36. The molecule has 0 saturated carbocycles. The van der Waals surface area contributed by atoms with Crippen molar-refractivity contribution in [2.24, 2.45) is 27.9 Å². The molecule has 1 fully saturated rings. The number of likely N-dealkylation sites (tertiary alicyclic amines) is 1. The zero-order valence-electron chi connectivity index (χ0n) is 29.4. The summed E-state index contributed by atoms with van der Waals surface area (Å²) in [5, 5.41) is 40.1. The fraction of sp³-hybridized carbons (Fsp3) is 0.600. The molecule has 0 spiro atoms. The van der Waals surface area contributed by atoms with E-state index in [2.05, 4.69) is 41.5 Å². The number of primary amides is 1. The Labute approximate surface area is 308 Å². The van der Waals surface area contributed by atoms with Gasteiger partial charge in [-0.1, -0.05) is 0 Å². The molecule has 0 aromatic carbocycles. The SMILES string of the molecule is NCC(=O)N[C@@H](CO)C(=O)N[C@@H](Cc1cnc[nH]1)C(=O)N[C@@H](CCC(N)=O)C(=O)N[C@@H](CCCN=C(N)N)C(=O)N1CCC[C@H]1C(=O)N[C@@H](CO)C(=O)O. The molecule has 0 bridgehead atoms. The van der Waals surface area contributed by atoms with Gasteiger partial charge in [-0.25, -0.2) is 9.78 Å². The molecule has 1 aromatic heterocycles. The van der Waals surface area contributed by atoms with Crippen LogP contribution >= 0.6 is 0 Å². The zero-order valence-corrected chi connectivity index (χ0v) is 29.4. The molecule has 6 atom stereocenters. The quantitative estimate of drug-likeness (QED) is 0.0279. The lowest BCUT2D eigenvalue weighted by Crippen LogP contribution is -2.60. The van der Waals surface area contributed by atoms with Crippen LogP contribution in [0.5, 0.6) is 0 Å². The highest BCUT2D eigenvalue weighted by Crippen LogP contribution is 2.20. The molecule has 0 unspecified atom stereocenters. The predicted molar refractivity (Wildman–Crippen MR) is 186 cm³/mol. The molecular formula is C30H49N13O11. The summed E-state index contributed by atoms with van der Waals surface area (Å²) in [4.78, 5) is 114. The minimum Gasteiger partial charge on any atom is -0.480 e. The number of guanidine groups is 1. The number of carbonyl (C=O) groups excluding carboxylic acids is 7. The van der Waals surface area contributed by atoms with Crippen LogP contribution in [0.15, 0.2) is 17.5 Å². The van der Waals surface area contributed by atoms with Gasteiger partial charge in [0.1, 0.15) is 36.3 Å². The largest absolute Gasteiger partial charge is 0.480 e. The highest BCUT2D eigenvalue weighted by atomic mass is 16.4. The number of carbonyl (C=O) groups is 8. The maximum Gasteiger partial charge on any atom is 0.328 e. The summed E-state index contributed by atoms with van der Waals surface area (Å²) in [5.74, 6) is -7.76. The number of hydrogen-bond acceptors (Lipinski definition) is 13. The lowest BCUT2D eigenvalue weighted by molar-refractivity contribution is -0.145. The topological polar surface area (TPSA) is 406 Å². The van der Waals surface area contributed by atoms with Gasteiger partial charge in [0.25, 0.3) is 0 Å². The molecule has 0 aliphatic carbocycles. The van der Waals surface area contributed by atoms with Crippen LogP contribution in [0.1, 0.15) is 44.2 Å². The van der Waals surface area contributed by atoms with Crippen LogP contribution < -0.4 is 49.5 Å². The van der Waals surface area contributed by atoms with Crippen LogP contribution in [0.3, 0.4) is 0 Å². The highest BCUT2D eigenvalue weighted by Gasteiger charge is 2.39. The van der Waals surface area contributed by atoms with E-state index in [0.29, 0.717) is 12.1 Å². The van der Waals surface area contributed by atoms with Gasteiger partial charge in [-0.15, -0.1) is 0 Å². The summed E-state index contributed by atoms with van der Waals surface area (Å²) in [6.07, 6.45) is 2.27. The van der Waals surface area contributed by atoms with E-state index in [4.69, 9.17) is 22.9 Å². The van der Waals surface area contributed by atoms with Crippen molar-refractivity contribution in [2.45, 2.75) is 81.2 Å². The number of imidazole rings is 1. The number of hydrogen-bond donors (Lipinski definition) is 13. The van der Waals surface area contributed by atoms with Gasteiger partial charge in [0.15, 0.2) is 5.96 Å². The number of carboxylic acids is 1. The number of amides is 7. The molecule has 7 amide bonds. The number of rotatable bonds is 23. The zero-order chi connectivity index (χ0) is 40.4. The third-order valence-electron chi connectivity index (χ3n) is 8.14. The fourth-order valence-corrected chi connectivity index (χ4v) is 5.36. The molecule has 2 rings (SSSR count). The van der Waals surface area contributed by atoms with E-state index < -0.39 is 110 Å². The van der Waals surface area contributed by atoms with Crippen molar-refractivity contribution in [3.05, 3.63) is 18.2 Å². The second kappa shape index (κ2) is 22.2. The van der Waals surface area contributed by atoms with E-state index in [-0.39, 0.29) is 51.2 Å². The number of aliphatic hydroxyl groups excluding tert-OH is 2. The number of H-pyrrole nitrogens is 1. The lowest BCUT2D eigenvalue weighted by Gasteiger charge is -2.30. The second-order valence-electron chi connectivity index (χ2n) is 12.2. The van der Waals surface area contributed by atoms with Gasteiger partial charge < -0.3 is 74.7 Å². The predicted octanol–water partition coefficient (Wildman–Crippen LogP) is -7.29. The molecule has 17 N–H and O–H groups in total. The third-order valence-corrected chi connectivity index (χ3v) is 8.14. The van der Waals surface area contributed by atoms with E-state index >= 15 is 0 Å². The summed E-state index contributed by atoms with van der Waals surface area (Å²) in [6, 6.07) is -8.58. The van der Waals surface area contributed by atoms with Crippen molar-refractivity contribution >= 4 is 53.3 Å². The lowest BCUT2D eigenvalue weighted by atomic mass is 10.0. The van der Waals surface area contributed by atoms with Crippen LogP contribution in [0.4, 0.5) is 0 Å². The Morgan fingerprint density at radius 2 is 1.50 bits per heavy atom. The molecule has 0 radical (unpaired) electrons. The van der Waals surface area contributed by atoms with Crippen LogP contribution in [-0.4, -0.2) is 153 Å². The molecule has 54 heavy (non-hydrogen) atoms. The first-order chi connectivity index (χ1) is 25.6. The van der Waals surface area contributed by atoms with E-state index in [9.17, 15) is 53.7 Å². The van der Waals surface area contributed by atoms with E-state index in [0.717, 1.165) is 4.90 Å². The van der Waals surface area contributed by atoms with Crippen molar-refractivity contribution in [2.75, 3.05) is 32.8 Å². The number of nitrogens with two attached hydrogens (primary N) is 4. The molecule has 24 heteroatoms. The number of aliphatic imine (C=N–C) groups is 1. The number of nitrogens with one attached hydrogen (secondary N) is 6. The molecule has 24 nitrogen and oxygen atoms in total. The first-order valence-electron chi connectivity index (χ1n) is 16.9. The van der Waals surface area contributed by atoms with Crippen LogP contribution in [-0.2, 0) is 44.8 Å². The maximum atomic E-state index is 13.9. The minimum absolute atomic E-state index is 0.0417. The van der Waals surface area contributed by atoms with E-state index in [1.807, 2.05) is 0 Å². The van der Waals surface area contributed by atoms with E-state index in [1.165, 1.54) is 12.5 Å². The van der Waals surface area contributed by atoms with Gasteiger partial charge in [0, 0.05) is 37.8 Å². The number of carboxylic acid groups (broad SMARTS) is 1. The number of aliphatic carboxylic acids is 1. The Hall–Kier alpha value is -5.88. The summed E-state index contributed by atoms with van der Waals surface area (Å²) in [6.45, 7) is -2.13. The normalized spacial score (nSPS) is 16.4. The van der Waals surface area contributed by atoms with Gasteiger partial charge in [-0.2, -0.15) is 0 Å². The minimum atomic E-state index is -1.62. The molecule has 1 aromatic rings. The molecule has 1 aliphatic heterocycles. The average Bonchev–Trinajstić information content (AvgIpc) is 3.84. The first kappa shape index (κ1) is 44.3. The standard InChI is InChI=1S/C30H49N13O11/c31-10-23(47)38-19(12-44)26(50)41-18(9-15-11-35-14-37-15)25(49)39-16(5-6-22(32)46)24(48)40-17(3-1-7-36-30(33)34)28(52)43-8-2-4-21(43)27(51)42-20(13-45)29(53)54/h11,14,16-21,44-45H,1-10,12-13,31H2,(H2,32,46)(H,35,37)(H,38,47)(H,39,49)(H,40,48)(H,41,50)(H,42,51)(H,53,54)(H4,33,34,36)/t16-,17-,18-,19-,20-,21-/m0/s1. The van der Waals surface area contributed by atoms with Crippen LogP contribution in [0.2, 0.25) is 0 Å². The Balaban J connectivity index is 2.37. The monoisotopic (exact) mass is 767 g/mol. The average molecular weight is 768 g/mol. The number of nitrogens with zero attached hydrogens (tertiary/aromatic N) is 3. The summed E-state index contributed by atoms with van der Waals surface area (Å²) < 4.78 is 0.